The van der Waals surface area contributed by atoms with Gasteiger partial charge in [0.2, 0.25) is 0 Å². The van der Waals surface area contributed by atoms with Gasteiger partial charge in [-0.3, -0.25) is 0 Å². The van der Waals surface area contributed by atoms with Gasteiger partial charge >= 0.3 is 0 Å². The second-order valence-electron chi connectivity index (χ2n) is 9.45. The van der Waals surface area contributed by atoms with Crippen molar-refractivity contribution in [1.82, 2.24) is 0 Å². The van der Waals surface area contributed by atoms with Crippen molar-refractivity contribution in [3.8, 4) is 6.07 Å². The monoisotopic (exact) mass is 401 g/mol. The van der Waals surface area contributed by atoms with Gasteiger partial charge in [-0.1, -0.05) is 68.0 Å². The summed E-state index contributed by atoms with van der Waals surface area (Å²) in [7, 11) is 0. The molecule has 0 N–H and O–H groups in total. The van der Waals surface area contributed by atoms with Crippen LogP contribution < -0.4 is 0 Å². The third kappa shape index (κ3) is 6.46. The predicted molar refractivity (Wildman–Crippen MR) is 128 cm³/mol. The molecule has 0 saturated heterocycles. The third-order valence-corrected chi connectivity index (χ3v) is 7.48. The summed E-state index contributed by atoms with van der Waals surface area (Å²) in [5, 5.41) is 8.56. The molecule has 0 unspecified atom stereocenters. The SMILES string of the molecule is C=C(C1CCC(C=CC=CC#N)CC1)C1CCC(c2ccc(CCCC)cc2)CC1. The molecule has 0 amide bonds. The van der Waals surface area contributed by atoms with Crippen molar-refractivity contribution in [2.24, 2.45) is 17.8 Å². The summed E-state index contributed by atoms with van der Waals surface area (Å²) in [5.74, 6) is 2.88. The van der Waals surface area contributed by atoms with Gasteiger partial charge in [-0.05, 0) is 99.0 Å². The Bertz CT molecular complexity index is 745. The number of nitrogens with zero attached hydrogens (tertiary/aromatic N) is 1. The number of hydrogen-bond acceptors (Lipinski definition) is 1. The van der Waals surface area contributed by atoms with E-state index in [1.807, 2.05) is 18.2 Å². The standard InChI is InChI=1S/C29H39N/c1-3-4-8-24-12-16-28(17-13-24)29-20-18-27(19-21-29)23(2)26-14-10-25(11-15-26)9-6-5-7-22-30/h5-7,9,12-13,16-17,25-27,29H,2-4,8,10-11,14-15,18-21H2,1H3. The number of hydrogen-bond donors (Lipinski definition) is 0. The lowest BCUT2D eigenvalue weighted by molar-refractivity contribution is 0.290. The molecule has 0 aromatic heterocycles. The van der Waals surface area contributed by atoms with Gasteiger partial charge in [0.15, 0.2) is 0 Å². The molecule has 1 nitrogen and oxygen atoms in total. The summed E-state index contributed by atoms with van der Waals surface area (Å²) < 4.78 is 0. The van der Waals surface area contributed by atoms with Crippen molar-refractivity contribution in [2.75, 3.05) is 0 Å². The lowest BCUT2D eigenvalue weighted by Gasteiger charge is -2.36. The summed E-state index contributed by atoms with van der Waals surface area (Å²) in [6, 6.07) is 11.6. The Morgan fingerprint density at radius 1 is 0.967 bits per heavy atom. The smallest absolute Gasteiger partial charge is 0.0912 e. The Hall–Kier alpha value is -2.07. The van der Waals surface area contributed by atoms with E-state index >= 15 is 0 Å². The van der Waals surface area contributed by atoms with Gasteiger partial charge in [-0.2, -0.15) is 5.26 Å². The van der Waals surface area contributed by atoms with Crippen molar-refractivity contribution in [2.45, 2.75) is 83.5 Å². The molecule has 2 saturated carbocycles. The van der Waals surface area contributed by atoms with Crippen molar-refractivity contribution >= 4 is 0 Å². The fourth-order valence-electron chi connectivity index (χ4n) is 5.47. The van der Waals surface area contributed by atoms with Gasteiger partial charge < -0.3 is 0 Å². The first kappa shape index (κ1) is 22.6. The van der Waals surface area contributed by atoms with E-state index in [9.17, 15) is 0 Å². The van der Waals surface area contributed by atoms with Gasteiger partial charge in [0.1, 0.15) is 0 Å². The van der Waals surface area contributed by atoms with E-state index in [1.165, 1.54) is 76.2 Å². The van der Waals surface area contributed by atoms with Crippen molar-refractivity contribution in [3.63, 3.8) is 0 Å². The second kappa shape index (κ2) is 11.9. The van der Waals surface area contributed by atoms with Gasteiger partial charge in [0, 0.05) is 6.08 Å². The van der Waals surface area contributed by atoms with E-state index in [0.29, 0.717) is 5.92 Å². The van der Waals surface area contributed by atoms with Crippen LogP contribution in [0.1, 0.15) is 88.2 Å². The lowest BCUT2D eigenvalue weighted by Crippen LogP contribution is -2.22. The number of unbranched alkanes of at least 4 members (excludes halogenated alkanes) is 1. The molecule has 1 aromatic rings. The van der Waals surface area contributed by atoms with E-state index in [0.717, 1.165) is 17.8 Å². The van der Waals surface area contributed by atoms with Crippen LogP contribution in [0, 0.1) is 29.1 Å². The van der Waals surface area contributed by atoms with Crippen LogP contribution in [0.5, 0.6) is 0 Å². The van der Waals surface area contributed by atoms with Gasteiger partial charge in [-0.25, -0.2) is 0 Å². The van der Waals surface area contributed by atoms with E-state index < -0.39 is 0 Å². The molecule has 2 aliphatic rings. The van der Waals surface area contributed by atoms with Crippen molar-refractivity contribution < 1.29 is 0 Å². The van der Waals surface area contributed by atoms with Gasteiger partial charge in [-0.15, -0.1) is 0 Å². The van der Waals surface area contributed by atoms with E-state index in [1.54, 1.807) is 17.2 Å². The van der Waals surface area contributed by atoms with Crippen LogP contribution in [0.2, 0.25) is 0 Å². The molecule has 1 aromatic carbocycles. The second-order valence-corrected chi connectivity index (χ2v) is 9.45. The topological polar surface area (TPSA) is 23.8 Å². The average Bonchev–Trinajstić information content (AvgIpc) is 2.81. The zero-order chi connectivity index (χ0) is 21.2. The summed E-state index contributed by atoms with van der Waals surface area (Å²) in [6.07, 6.45) is 21.9. The Morgan fingerprint density at radius 3 is 2.20 bits per heavy atom. The average molecular weight is 402 g/mol. The first-order valence-electron chi connectivity index (χ1n) is 12.2. The molecule has 0 bridgehead atoms. The minimum Gasteiger partial charge on any atom is -0.193 e. The molecule has 0 heterocycles. The maximum Gasteiger partial charge on any atom is 0.0912 e. The highest BCUT2D eigenvalue weighted by molar-refractivity contribution is 5.26. The van der Waals surface area contributed by atoms with E-state index in [-0.39, 0.29) is 0 Å². The van der Waals surface area contributed by atoms with Crippen LogP contribution in [0.15, 0.2) is 60.7 Å². The Labute approximate surface area is 184 Å². The summed E-state index contributed by atoms with van der Waals surface area (Å²) in [4.78, 5) is 0. The molecule has 3 rings (SSSR count). The highest BCUT2D eigenvalue weighted by Gasteiger charge is 2.29. The lowest BCUT2D eigenvalue weighted by atomic mass is 9.70. The van der Waals surface area contributed by atoms with Crippen molar-refractivity contribution in [3.05, 3.63) is 71.8 Å². The molecular formula is C29H39N. The molecule has 160 valence electrons. The first-order valence-corrected chi connectivity index (χ1v) is 12.2. The minimum absolute atomic E-state index is 0.674. The summed E-state index contributed by atoms with van der Waals surface area (Å²) in [5.41, 5.74) is 4.60. The van der Waals surface area contributed by atoms with Gasteiger partial charge in [0.05, 0.1) is 6.07 Å². The quantitative estimate of drug-likeness (QED) is 0.244. The summed E-state index contributed by atoms with van der Waals surface area (Å²) in [6.45, 7) is 6.85. The summed E-state index contributed by atoms with van der Waals surface area (Å²) >= 11 is 0. The molecule has 0 atom stereocenters. The first-order chi connectivity index (χ1) is 14.7. The third-order valence-electron chi connectivity index (χ3n) is 7.48. The zero-order valence-electron chi connectivity index (χ0n) is 18.9. The van der Waals surface area contributed by atoms with Crippen LogP contribution >= 0.6 is 0 Å². The molecule has 0 aliphatic heterocycles. The Morgan fingerprint density at radius 2 is 1.60 bits per heavy atom. The Balaban J connectivity index is 1.43. The fraction of sp³-hybridized carbons (Fsp3) is 0.552. The van der Waals surface area contributed by atoms with Gasteiger partial charge in [0.25, 0.3) is 0 Å². The largest absolute Gasteiger partial charge is 0.193 e. The van der Waals surface area contributed by atoms with Crippen LogP contribution in [0.3, 0.4) is 0 Å². The fourth-order valence-corrected chi connectivity index (χ4v) is 5.47. The minimum atomic E-state index is 0.674. The maximum absolute atomic E-state index is 8.56. The van der Waals surface area contributed by atoms with Crippen LogP contribution in [-0.2, 0) is 6.42 Å². The van der Waals surface area contributed by atoms with Crippen LogP contribution in [0.4, 0.5) is 0 Å². The molecular weight excluding hydrogens is 362 g/mol. The molecule has 1 heteroatoms. The number of aryl methyl sites for hydroxylation is 1. The molecule has 0 spiro atoms. The zero-order valence-corrected chi connectivity index (χ0v) is 18.9. The number of benzene rings is 1. The number of rotatable bonds is 8. The molecule has 0 radical (unpaired) electrons. The number of nitriles is 1. The van der Waals surface area contributed by atoms with Crippen molar-refractivity contribution in [1.29, 1.82) is 5.26 Å². The Kier molecular flexibility index (Phi) is 9.00. The molecule has 2 fully saturated rings. The predicted octanol–water partition coefficient (Wildman–Crippen LogP) is 8.30. The number of allylic oxidation sites excluding steroid dienone is 5. The molecule has 2 aliphatic carbocycles. The maximum atomic E-state index is 8.56. The molecule has 30 heavy (non-hydrogen) atoms. The van der Waals surface area contributed by atoms with E-state index in [2.05, 4.69) is 43.8 Å². The van der Waals surface area contributed by atoms with Crippen LogP contribution in [-0.4, -0.2) is 0 Å². The van der Waals surface area contributed by atoms with E-state index in [4.69, 9.17) is 5.26 Å². The van der Waals surface area contributed by atoms with Crippen LogP contribution in [0.25, 0.3) is 0 Å². The highest BCUT2D eigenvalue weighted by Crippen LogP contribution is 2.43. The normalized spacial score (nSPS) is 27.3. The highest BCUT2D eigenvalue weighted by atomic mass is 14.3.